The van der Waals surface area contributed by atoms with Crippen LogP contribution in [0.5, 0.6) is 5.75 Å². The molecule has 1 atom stereocenters. The Labute approximate surface area is 210 Å². The first-order valence-electron chi connectivity index (χ1n) is 11.4. The number of benzene rings is 2. The Kier molecular flexibility index (Phi) is 7.49. The first kappa shape index (κ1) is 25.5. The van der Waals surface area contributed by atoms with E-state index < -0.39 is 17.8 Å². The molecular formula is C26H23ClF3N3O3. The van der Waals surface area contributed by atoms with Gasteiger partial charge in [0, 0.05) is 39.8 Å². The summed E-state index contributed by atoms with van der Waals surface area (Å²) in [5, 5.41) is 6.93. The summed E-state index contributed by atoms with van der Waals surface area (Å²) in [6, 6.07) is 11.7. The molecule has 2 aromatic carbocycles. The first-order chi connectivity index (χ1) is 17.1. The van der Waals surface area contributed by atoms with Gasteiger partial charge in [-0.15, -0.1) is 0 Å². The van der Waals surface area contributed by atoms with Crippen LogP contribution < -0.4 is 15.4 Å². The number of allylic oxidation sites excluding steroid dienone is 1. The van der Waals surface area contributed by atoms with Gasteiger partial charge < -0.3 is 15.4 Å². The van der Waals surface area contributed by atoms with Gasteiger partial charge in [-0.3, -0.25) is 9.59 Å². The first-order valence-corrected chi connectivity index (χ1v) is 11.8. The van der Waals surface area contributed by atoms with Gasteiger partial charge in [0.15, 0.2) is 0 Å². The van der Waals surface area contributed by atoms with E-state index in [1.54, 1.807) is 31.2 Å². The van der Waals surface area contributed by atoms with E-state index in [0.29, 0.717) is 41.0 Å². The van der Waals surface area contributed by atoms with Gasteiger partial charge in [-0.05, 0) is 61.7 Å². The Hall–Kier alpha value is -3.59. The second kappa shape index (κ2) is 10.6. The number of nitrogens with one attached hydrogen (secondary N) is 2. The predicted molar refractivity (Wildman–Crippen MR) is 131 cm³/mol. The molecule has 36 heavy (non-hydrogen) atoms. The van der Waals surface area contributed by atoms with Crippen LogP contribution in [0, 0.1) is 0 Å². The molecule has 0 spiro atoms. The van der Waals surface area contributed by atoms with Crippen molar-refractivity contribution in [1.29, 1.82) is 0 Å². The van der Waals surface area contributed by atoms with Crippen LogP contribution in [0.15, 0.2) is 60.3 Å². The number of halogens is 4. The Morgan fingerprint density at radius 2 is 1.97 bits per heavy atom. The number of ether oxygens (including phenoxy) is 1. The molecule has 3 aromatic rings. The maximum atomic E-state index is 13.4. The van der Waals surface area contributed by atoms with Gasteiger partial charge in [-0.1, -0.05) is 30.7 Å². The van der Waals surface area contributed by atoms with Crippen LogP contribution >= 0.6 is 11.6 Å². The second-order valence-electron chi connectivity index (χ2n) is 8.37. The third-order valence-corrected chi connectivity index (χ3v) is 5.95. The highest BCUT2D eigenvalue weighted by Gasteiger charge is 2.33. The molecule has 0 saturated carbocycles. The van der Waals surface area contributed by atoms with Crippen LogP contribution in [-0.4, -0.2) is 22.9 Å². The molecule has 188 valence electrons. The zero-order chi connectivity index (χ0) is 25.9. The van der Waals surface area contributed by atoms with Crippen LogP contribution in [0.25, 0.3) is 10.9 Å². The minimum absolute atomic E-state index is 0.153. The molecule has 10 heteroatoms. The number of fused-ring (bicyclic) bond motifs is 1. The molecule has 0 bridgehead atoms. The van der Waals surface area contributed by atoms with E-state index >= 15 is 0 Å². The van der Waals surface area contributed by atoms with Crippen LogP contribution in [0.2, 0.25) is 5.02 Å². The highest BCUT2D eigenvalue weighted by molar-refractivity contribution is 6.31. The number of anilines is 1. The topological polar surface area (TPSA) is 80.3 Å². The molecular weight excluding hydrogens is 495 g/mol. The van der Waals surface area contributed by atoms with Crippen molar-refractivity contribution in [2.75, 3.05) is 5.32 Å². The van der Waals surface area contributed by atoms with Crippen LogP contribution in [0.4, 0.5) is 18.9 Å². The van der Waals surface area contributed by atoms with Crippen molar-refractivity contribution < 1.29 is 27.5 Å². The molecule has 2 N–H and O–H groups in total. The van der Waals surface area contributed by atoms with E-state index in [1.165, 1.54) is 18.2 Å². The fraction of sp³-hybridized carbons (Fsp3) is 0.269. The lowest BCUT2D eigenvalue weighted by Crippen LogP contribution is -2.36. The number of hydrogen-bond donors (Lipinski definition) is 2. The number of alkyl halides is 3. The van der Waals surface area contributed by atoms with E-state index in [4.69, 9.17) is 16.3 Å². The minimum Gasteiger partial charge on any atom is -0.427 e. The maximum Gasteiger partial charge on any atom is 0.433 e. The molecule has 1 aliphatic rings. The van der Waals surface area contributed by atoms with E-state index in [1.807, 2.05) is 6.08 Å². The van der Waals surface area contributed by atoms with Gasteiger partial charge in [0.1, 0.15) is 11.4 Å². The molecule has 1 heterocycles. The molecule has 4 rings (SSSR count). The standard InChI is InChI=1S/C26H23ClF3N3O3/c1-2-24(34)36-19-5-3-4-15(12-19)25(35)32-18-9-7-17(8-10-18)31-22-14-23(26(28,29)30)33-21-11-6-16(27)13-20(21)22/h3-7,11-14,18H,2,8-10H2,1H3,(H,31,33)(H,32,35)/t18-/m1/s1. The highest BCUT2D eigenvalue weighted by atomic mass is 35.5. The van der Waals surface area contributed by atoms with E-state index in [0.717, 1.165) is 11.8 Å². The van der Waals surface area contributed by atoms with Crippen molar-refractivity contribution in [2.24, 2.45) is 0 Å². The van der Waals surface area contributed by atoms with E-state index in [-0.39, 0.29) is 29.6 Å². The molecule has 6 nitrogen and oxygen atoms in total. The van der Waals surface area contributed by atoms with E-state index in [2.05, 4.69) is 15.6 Å². The van der Waals surface area contributed by atoms with Gasteiger partial charge >= 0.3 is 12.1 Å². The number of aromatic nitrogens is 1. The van der Waals surface area contributed by atoms with Crippen molar-refractivity contribution in [3.8, 4) is 5.75 Å². The minimum atomic E-state index is -4.59. The van der Waals surface area contributed by atoms with Gasteiger partial charge in [0.25, 0.3) is 5.91 Å². The lowest BCUT2D eigenvalue weighted by Gasteiger charge is -2.24. The Bertz CT molecular complexity index is 1340. The predicted octanol–water partition coefficient (Wildman–Crippen LogP) is 6.50. The molecule has 0 radical (unpaired) electrons. The van der Waals surface area contributed by atoms with Crippen molar-refractivity contribution >= 4 is 40.1 Å². The van der Waals surface area contributed by atoms with Crippen molar-refractivity contribution in [3.63, 3.8) is 0 Å². The summed E-state index contributed by atoms with van der Waals surface area (Å²) in [6.07, 6.45) is -0.907. The van der Waals surface area contributed by atoms with Crippen LogP contribution in [0.3, 0.4) is 0 Å². The fourth-order valence-electron chi connectivity index (χ4n) is 3.87. The zero-order valence-corrected chi connectivity index (χ0v) is 20.0. The smallest absolute Gasteiger partial charge is 0.427 e. The number of esters is 1. The van der Waals surface area contributed by atoms with Gasteiger partial charge in [-0.25, -0.2) is 4.98 Å². The van der Waals surface area contributed by atoms with Crippen molar-refractivity contribution in [3.05, 3.63) is 76.6 Å². The number of carbonyl (C=O) groups excluding carboxylic acids is 2. The monoisotopic (exact) mass is 517 g/mol. The summed E-state index contributed by atoms with van der Waals surface area (Å²) >= 11 is 6.07. The Morgan fingerprint density at radius 1 is 1.17 bits per heavy atom. The van der Waals surface area contributed by atoms with Gasteiger partial charge in [0.2, 0.25) is 0 Å². The zero-order valence-electron chi connectivity index (χ0n) is 19.3. The number of pyridine rings is 1. The number of carbonyl (C=O) groups is 2. The number of amides is 1. The van der Waals surface area contributed by atoms with Gasteiger partial charge in [0.05, 0.1) is 5.52 Å². The van der Waals surface area contributed by atoms with Crippen LogP contribution in [0.1, 0.15) is 48.7 Å². The molecule has 0 saturated heterocycles. The summed E-state index contributed by atoms with van der Waals surface area (Å²) in [4.78, 5) is 27.9. The Morgan fingerprint density at radius 3 is 2.67 bits per heavy atom. The molecule has 0 unspecified atom stereocenters. The quantitative estimate of drug-likeness (QED) is 0.288. The lowest BCUT2D eigenvalue weighted by atomic mass is 9.98. The molecule has 0 fully saturated rings. The maximum absolute atomic E-state index is 13.4. The second-order valence-corrected chi connectivity index (χ2v) is 8.81. The number of rotatable bonds is 6. The average Bonchev–Trinajstić information content (AvgIpc) is 2.84. The summed E-state index contributed by atoms with van der Waals surface area (Å²) in [5.74, 6) is -0.396. The van der Waals surface area contributed by atoms with Crippen molar-refractivity contribution in [2.45, 2.75) is 44.8 Å². The fourth-order valence-corrected chi connectivity index (χ4v) is 4.04. The molecule has 1 amide bonds. The van der Waals surface area contributed by atoms with Crippen LogP contribution in [-0.2, 0) is 11.0 Å². The SMILES string of the molecule is CCC(=O)Oc1cccc(C(=O)N[C@@H]2CC=C(Nc3cc(C(F)(F)F)nc4ccc(Cl)cc34)CC2)c1. The number of nitrogens with zero attached hydrogens (tertiary/aromatic N) is 1. The normalized spacial score (nSPS) is 15.8. The summed E-state index contributed by atoms with van der Waals surface area (Å²) in [5.41, 5.74) is 0.569. The summed E-state index contributed by atoms with van der Waals surface area (Å²) in [6.45, 7) is 1.68. The summed E-state index contributed by atoms with van der Waals surface area (Å²) < 4.78 is 45.3. The largest absolute Gasteiger partial charge is 0.433 e. The third kappa shape index (κ3) is 6.15. The number of hydrogen-bond acceptors (Lipinski definition) is 5. The average molecular weight is 518 g/mol. The Balaban J connectivity index is 1.45. The third-order valence-electron chi connectivity index (χ3n) is 5.72. The highest BCUT2D eigenvalue weighted by Crippen LogP contribution is 2.35. The lowest BCUT2D eigenvalue weighted by molar-refractivity contribution is -0.141. The van der Waals surface area contributed by atoms with Gasteiger partial charge in [-0.2, -0.15) is 13.2 Å². The molecule has 1 aromatic heterocycles. The van der Waals surface area contributed by atoms with E-state index in [9.17, 15) is 22.8 Å². The molecule has 0 aliphatic heterocycles. The van der Waals surface area contributed by atoms with Crippen molar-refractivity contribution in [1.82, 2.24) is 10.3 Å². The summed E-state index contributed by atoms with van der Waals surface area (Å²) in [7, 11) is 0. The molecule has 1 aliphatic carbocycles.